The normalized spacial score (nSPS) is 13.9. The van der Waals surface area contributed by atoms with Crippen LogP contribution in [-0.4, -0.2) is 11.0 Å². The van der Waals surface area contributed by atoms with E-state index in [9.17, 15) is 0 Å². The summed E-state index contributed by atoms with van der Waals surface area (Å²) in [5, 5.41) is 6.82. The third-order valence-electron chi connectivity index (χ3n) is 2.09. The van der Waals surface area contributed by atoms with Gasteiger partial charge in [-0.15, -0.1) is 11.3 Å². The van der Waals surface area contributed by atoms with Gasteiger partial charge >= 0.3 is 0 Å². The van der Waals surface area contributed by atoms with E-state index < -0.39 is 0 Å². The minimum atomic E-state index is 0.368. The first-order chi connectivity index (χ1) is 6.50. The molecule has 0 spiro atoms. The van der Waals surface area contributed by atoms with E-state index >= 15 is 0 Å². The van der Waals surface area contributed by atoms with Crippen molar-refractivity contribution in [3.63, 3.8) is 0 Å². The molecule has 1 N–H and O–H groups in total. The van der Waals surface area contributed by atoms with Crippen molar-refractivity contribution in [1.82, 2.24) is 10.3 Å². The van der Waals surface area contributed by atoms with Crippen molar-refractivity contribution in [1.29, 1.82) is 0 Å². The molecule has 80 valence electrons. The second-order valence-corrected chi connectivity index (χ2v) is 5.20. The molecule has 2 nitrogen and oxygen atoms in total. The van der Waals surface area contributed by atoms with Gasteiger partial charge in [0.15, 0.2) is 0 Å². The summed E-state index contributed by atoms with van der Waals surface area (Å²) in [4.78, 5) is 4.62. The second-order valence-electron chi connectivity index (χ2n) is 4.31. The average molecular weight is 212 g/mol. The zero-order valence-electron chi connectivity index (χ0n) is 9.66. The minimum absolute atomic E-state index is 0.368. The van der Waals surface area contributed by atoms with E-state index in [2.05, 4.69) is 50.3 Å². The van der Waals surface area contributed by atoms with E-state index in [0.29, 0.717) is 18.0 Å². The minimum Gasteiger partial charge on any atom is -0.306 e. The van der Waals surface area contributed by atoms with Gasteiger partial charge in [0, 0.05) is 11.4 Å². The van der Waals surface area contributed by atoms with Gasteiger partial charge in [-0.25, -0.2) is 4.98 Å². The Morgan fingerprint density at radius 3 is 2.29 bits per heavy atom. The molecule has 1 aromatic heterocycles. The van der Waals surface area contributed by atoms with Crippen LogP contribution in [0.3, 0.4) is 0 Å². The van der Waals surface area contributed by atoms with Gasteiger partial charge in [0.05, 0.1) is 11.7 Å². The van der Waals surface area contributed by atoms with Crippen LogP contribution in [0.25, 0.3) is 0 Å². The van der Waals surface area contributed by atoms with Gasteiger partial charge in [0.25, 0.3) is 0 Å². The molecule has 0 bridgehead atoms. The molecule has 1 aromatic rings. The number of hydrogen-bond acceptors (Lipinski definition) is 3. The Morgan fingerprint density at radius 1 is 1.21 bits per heavy atom. The topological polar surface area (TPSA) is 24.9 Å². The Kier molecular flexibility index (Phi) is 4.08. The van der Waals surface area contributed by atoms with Gasteiger partial charge in [0.1, 0.15) is 5.01 Å². The number of aromatic nitrogens is 1. The molecule has 0 fully saturated rings. The molecule has 0 aliphatic carbocycles. The van der Waals surface area contributed by atoms with Crippen molar-refractivity contribution in [2.75, 3.05) is 0 Å². The van der Waals surface area contributed by atoms with Crippen LogP contribution in [0.15, 0.2) is 5.38 Å². The van der Waals surface area contributed by atoms with Crippen LogP contribution < -0.4 is 5.32 Å². The van der Waals surface area contributed by atoms with E-state index in [1.54, 1.807) is 11.3 Å². The molecule has 1 atom stereocenters. The van der Waals surface area contributed by atoms with Crippen molar-refractivity contribution in [2.45, 2.75) is 52.6 Å². The Labute approximate surface area is 90.8 Å². The van der Waals surface area contributed by atoms with E-state index in [0.717, 1.165) is 0 Å². The third kappa shape index (κ3) is 3.07. The predicted molar refractivity (Wildman–Crippen MR) is 62.9 cm³/mol. The summed E-state index contributed by atoms with van der Waals surface area (Å²) in [6, 6.07) is 0.879. The van der Waals surface area contributed by atoms with Gasteiger partial charge in [0.2, 0.25) is 0 Å². The molecule has 0 saturated heterocycles. The predicted octanol–water partition coefficient (Wildman–Crippen LogP) is 3.33. The SMILES string of the molecule is CC(C)NC(C)c1nc(C(C)C)cs1. The monoisotopic (exact) mass is 212 g/mol. The van der Waals surface area contributed by atoms with Crippen molar-refractivity contribution in [3.05, 3.63) is 16.1 Å². The highest BCUT2D eigenvalue weighted by atomic mass is 32.1. The van der Waals surface area contributed by atoms with Gasteiger partial charge in [-0.1, -0.05) is 27.7 Å². The summed E-state index contributed by atoms with van der Waals surface area (Å²) in [6.45, 7) is 10.8. The zero-order chi connectivity index (χ0) is 10.7. The standard InChI is InChI=1S/C11H20N2S/c1-7(2)10-6-14-11(13-10)9(5)12-8(3)4/h6-9,12H,1-5H3. The van der Waals surface area contributed by atoms with Gasteiger partial charge in [-0.05, 0) is 12.8 Å². The Bertz CT molecular complexity index is 279. The maximum absolute atomic E-state index is 4.62. The number of rotatable bonds is 4. The lowest BCUT2D eigenvalue weighted by molar-refractivity contribution is 0.503. The fourth-order valence-corrected chi connectivity index (χ4v) is 2.33. The molecule has 1 rings (SSSR count). The molecule has 0 amide bonds. The molecule has 1 heterocycles. The van der Waals surface area contributed by atoms with E-state index in [-0.39, 0.29) is 0 Å². The van der Waals surface area contributed by atoms with Crippen LogP contribution in [0.5, 0.6) is 0 Å². The highest BCUT2D eigenvalue weighted by Gasteiger charge is 2.12. The van der Waals surface area contributed by atoms with Gasteiger partial charge < -0.3 is 5.32 Å². The maximum Gasteiger partial charge on any atom is 0.110 e. The van der Waals surface area contributed by atoms with Crippen LogP contribution in [0.1, 0.15) is 57.3 Å². The summed E-state index contributed by atoms with van der Waals surface area (Å²) in [5.41, 5.74) is 1.21. The number of nitrogens with one attached hydrogen (secondary N) is 1. The van der Waals surface area contributed by atoms with E-state index in [4.69, 9.17) is 0 Å². The van der Waals surface area contributed by atoms with Crippen molar-refractivity contribution >= 4 is 11.3 Å². The fraction of sp³-hybridized carbons (Fsp3) is 0.727. The van der Waals surface area contributed by atoms with Gasteiger partial charge in [-0.2, -0.15) is 0 Å². The van der Waals surface area contributed by atoms with Crippen LogP contribution in [0, 0.1) is 0 Å². The molecule has 0 saturated carbocycles. The van der Waals surface area contributed by atoms with Crippen LogP contribution in [0.2, 0.25) is 0 Å². The molecule has 0 radical (unpaired) electrons. The number of thiazole rings is 1. The Hall–Kier alpha value is -0.410. The number of nitrogens with zero attached hydrogens (tertiary/aromatic N) is 1. The summed E-state index contributed by atoms with van der Waals surface area (Å²) < 4.78 is 0. The lowest BCUT2D eigenvalue weighted by Gasteiger charge is -2.14. The number of hydrogen-bond donors (Lipinski definition) is 1. The van der Waals surface area contributed by atoms with Crippen LogP contribution >= 0.6 is 11.3 Å². The smallest absolute Gasteiger partial charge is 0.110 e. The summed E-state index contributed by atoms with van der Waals surface area (Å²) in [7, 11) is 0. The first-order valence-electron chi connectivity index (χ1n) is 5.22. The lowest BCUT2D eigenvalue weighted by atomic mass is 10.2. The Balaban J connectivity index is 2.66. The van der Waals surface area contributed by atoms with Gasteiger partial charge in [-0.3, -0.25) is 0 Å². The summed E-state index contributed by atoms with van der Waals surface area (Å²) >= 11 is 1.75. The van der Waals surface area contributed by atoms with Crippen molar-refractivity contribution in [2.24, 2.45) is 0 Å². The third-order valence-corrected chi connectivity index (χ3v) is 3.13. The molecule has 1 unspecified atom stereocenters. The lowest BCUT2D eigenvalue weighted by Crippen LogP contribution is -2.25. The van der Waals surface area contributed by atoms with Crippen LogP contribution in [-0.2, 0) is 0 Å². The van der Waals surface area contributed by atoms with Crippen LogP contribution in [0.4, 0.5) is 0 Å². The molecule has 0 aromatic carbocycles. The average Bonchev–Trinajstić information content (AvgIpc) is 2.50. The summed E-state index contributed by atoms with van der Waals surface area (Å²) in [5.74, 6) is 0.534. The van der Waals surface area contributed by atoms with E-state index in [1.165, 1.54) is 10.7 Å². The largest absolute Gasteiger partial charge is 0.306 e. The molecule has 3 heteroatoms. The fourth-order valence-electron chi connectivity index (χ4n) is 1.34. The molecule has 0 aliphatic rings. The first kappa shape index (κ1) is 11.7. The highest BCUT2D eigenvalue weighted by molar-refractivity contribution is 7.09. The first-order valence-corrected chi connectivity index (χ1v) is 6.10. The maximum atomic E-state index is 4.62. The zero-order valence-corrected chi connectivity index (χ0v) is 10.5. The quantitative estimate of drug-likeness (QED) is 0.828. The highest BCUT2D eigenvalue weighted by Crippen LogP contribution is 2.22. The molecular formula is C11H20N2S. The Morgan fingerprint density at radius 2 is 1.86 bits per heavy atom. The molecule has 14 heavy (non-hydrogen) atoms. The second kappa shape index (κ2) is 4.89. The molecular weight excluding hydrogens is 192 g/mol. The van der Waals surface area contributed by atoms with E-state index in [1.807, 2.05) is 0 Å². The molecule has 0 aliphatic heterocycles. The van der Waals surface area contributed by atoms with Crippen molar-refractivity contribution < 1.29 is 0 Å². The summed E-state index contributed by atoms with van der Waals surface area (Å²) in [6.07, 6.45) is 0. The van der Waals surface area contributed by atoms with Crippen molar-refractivity contribution in [3.8, 4) is 0 Å².